The van der Waals surface area contributed by atoms with Crippen LogP contribution in [0.2, 0.25) is 0 Å². The third kappa shape index (κ3) is 3.60. The first kappa shape index (κ1) is 19.9. The first-order chi connectivity index (χ1) is 13.4. The molecule has 0 saturated carbocycles. The molecule has 1 aliphatic heterocycles. The van der Waals surface area contributed by atoms with Crippen molar-refractivity contribution in [2.75, 3.05) is 17.4 Å². The molecule has 0 saturated heterocycles. The van der Waals surface area contributed by atoms with Crippen molar-refractivity contribution in [3.63, 3.8) is 0 Å². The summed E-state index contributed by atoms with van der Waals surface area (Å²) in [5.41, 5.74) is 2.03. The minimum absolute atomic E-state index is 0.110. The maximum absolute atomic E-state index is 13.4. The van der Waals surface area contributed by atoms with Gasteiger partial charge >= 0.3 is 0 Å². The summed E-state index contributed by atoms with van der Waals surface area (Å²) in [6.07, 6.45) is 3.93. The lowest BCUT2D eigenvalue weighted by atomic mass is 10.1. The van der Waals surface area contributed by atoms with Crippen LogP contribution in [0, 0.1) is 0 Å². The normalized spacial score (nSPS) is 15.8. The van der Waals surface area contributed by atoms with E-state index in [1.807, 2.05) is 31.2 Å². The van der Waals surface area contributed by atoms with Crippen LogP contribution in [0.1, 0.15) is 22.8 Å². The summed E-state index contributed by atoms with van der Waals surface area (Å²) in [5, 5.41) is 0. The van der Waals surface area contributed by atoms with Crippen molar-refractivity contribution in [1.29, 1.82) is 0 Å². The molecule has 2 aromatic rings. The first-order valence-electron chi connectivity index (χ1n) is 9.13. The highest BCUT2D eigenvalue weighted by Gasteiger charge is 2.36. The summed E-state index contributed by atoms with van der Waals surface area (Å²) in [6, 6.07) is 13.5. The molecule has 3 rings (SSSR count). The van der Waals surface area contributed by atoms with Gasteiger partial charge in [-0.3, -0.25) is 9.10 Å². The van der Waals surface area contributed by atoms with Crippen molar-refractivity contribution in [2.24, 2.45) is 0 Å². The lowest BCUT2D eigenvalue weighted by molar-refractivity contribution is 0.0790. The molecule has 6 heteroatoms. The van der Waals surface area contributed by atoms with Gasteiger partial charge in [-0.25, -0.2) is 8.42 Å². The Hall–Kier alpha value is -2.86. The minimum atomic E-state index is -3.79. The lowest BCUT2D eigenvalue weighted by Gasteiger charge is -2.25. The maximum Gasteiger partial charge on any atom is 0.264 e. The predicted octanol–water partition coefficient (Wildman–Crippen LogP) is 3.64. The summed E-state index contributed by atoms with van der Waals surface area (Å²) in [6.45, 7) is 9.94. The fourth-order valence-corrected chi connectivity index (χ4v) is 5.28. The van der Waals surface area contributed by atoms with Crippen molar-refractivity contribution >= 4 is 21.6 Å². The van der Waals surface area contributed by atoms with E-state index in [0.717, 1.165) is 5.56 Å². The van der Waals surface area contributed by atoms with Gasteiger partial charge in [-0.2, -0.15) is 0 Å². The summed E-state index contributed by atoms with van der Waals surface area (Å²) < 4.78 is 28.2. The van der Waals surface area contributed by atoms with E-state index in [4.69, 9.17) is 0 Å². The molecule has 0 radical (unpaired) electrons. The number of hydrogen-bond acceptors (Lipinski definition) is 3. The molecule has 0 bridgehead atoms. The smallest absolute Gasteiger partial charge is 0.264 e. The van der Waals surface area contributed by atoms with E-state index in [0.29, 0.717) is 30.8 Å². The van der Waals surface area contributed by atoms with Crippen LogP contribution in [-0.2, 0) is 16.4 Å². The largest absolute Gasteiger partial charge is 0.331 e. The second kappa shape index (κ2) is 8.02. The average Bonchev–Trinajstić information content (AvgIpc) is 3.03. The molecule has 0 N–H and O–H groups in total. The monoisotopic (exact) mass is 396 g/mol. The van der Waals surface area contributed by atoms with Crippen molar-refractivity contribution in [3.05, 3.63) is 85.0 Å². The summed E-state index contributed by atoms with van der Waals surface area (Å²) in [4.78, 5) is 14.5. The van der Waals surface area contributed by atoms with E-state index < -0.39 is 10.0 Å². The fraction of sp³-hybridized carbons (Fsp3) is 0.227. The first-order valence-corrected chi connectivity index (χ1v) is 10.6. The molecule has 2 aromatic carbocycles. The van der Waals surface area contributed by atoms with Crippen LogP contribution in [0.25, 0.3) is 0 Å². The van der Waals surface area contributed by atoms with Crippen LogP contribution in [0.5, 0.6) is 0 Å². The molecule has 0 fully saturated rings. The van der Waals surface area contributed by atoms with Crippen molar-refractivity contribution in [1.82, 2.24) is 4.90 Å². The second-order valence-electron chi connectivity index (χ2n) is 6.80. The minimum Gasteiger partial charge on any atom is -0.331 e. The van der Waals surface area contributed by atoms with Gasteiger partial charge in [-0.15, -0.1) is 13.2 Å². The zero-order chi connectivity index (χ0) is 20.3. The van der Waals surface area contributed by atoms with Crippen LogP contribution >= 0.6 is 0 Å². The number of carbonyl (C=O) groups excluding carboxylic acids is 1. The summed E-state index contributed by atoms with van der Waals surface area (Å²) in [7, 11) is -3.79. The molecule has 0 aliphatic carbocycles. The number of carbonyl (C=O) groups is 1. The SMILES string of the molecule is C=CCN(CC=C)C(=O)c1cccc(S(=O)(=O)N2c3ccccc3C[C@H]2C)c1. The van der Waals surface area contributed by atoms with Crippen LogP contribution in [0.4, 0.5) is 5.69 Å². The average molecular weight is 397 g/mol. The Morgan fingerprint density at radius 3 is 2.50 bits per heavy atom. The van der Waals surface area contributed by atoms with E-state index in [1.54, 1.807) is 29.2 Å². The Balaban J connectivity index is 1.98. The fourth-order valence-electron chi connectivity index (χ4n) is 3.54. The number of rotatable bonds is 7. The Labute approximate surface area is 166 Å². The van der Waals surface area contributed by atoms with Gasteiger partial charge in [-0.05, 0) is 43.2 Å². The molecule has 0 spiro atoms. The second-order valence-corrected chi connectivity index (χ2v) is 8.61. The van der Waals surface area contributed by atoms with Crippen molar-refractivity contribution < 1.29 is 13.2 Å². The Morgan fingerprint density at radius 2 is 1.82 bits per heavy atom. The van der Waals surface area contributed by atoms with Gasteiger partial charge in [0.2, 0.25) is 0 Å². The lowest BCUT2D eigenvalue weighted by Crippen LogP contribution is -2.36. The Kier molecular flexibility index (Phi) is 5.70. The quantitative estimate of drug-likeness (QED) is 0.672. The van der Waals surface area contributed by atoms with Crippen LogP contribution < -0.4 is 4.31 Å². The highest BCUT2D eigenvalue weighted by atomic mass is 32.2. The van der Waals surface area contributed by atoms with Gasteiger partial charge in [0.25, 0.3) is 15.9 Å². The molecule has 1 heterocycles. The zero-order valence-corrected chi connectivity index (χ0v) is 16.7. The molecular weight excluding hydrogens is 372 g/mol. The van der Waals surface area contributed by atoms with E-state index in [9.17, 15) is 13.2 Å². The Morgan fingerprint density at radius 1 is 1.14 bits per heavy atom. The molecule has 28 heavy (non-hydrogen) atoms. The van der Waals surface area contributed by atoms with Gasteiger partial charge in [-0.1, -0.05) is 36.4 Å². The number of sulfonamides is 1. The van der Waals surface area contributed by atoms with E-state index in [-0.39, 0.29) is 16.8 Å². The number of nitrogens with zero attached hydrogens (tertiary/aromatic N) is 2. The molecule has 0 unspecified atom stereocenters. The van der Waals surface area contributed by atoms with Crippen LogP contribution in [-0.4, -0.2) is 38.4 Å². The number of para-hydroxylation sites is 1. The van der Waals surface area contributed by atoms with Gasteiger partial charge in [0.1, 0.15) is 0 Å². The van der Waals surface area contributed by atoms with Gasteiger partial charge < -0.3 is 4.90 Å². The molecule has 5 nitrogen and oxygen atoms in total. The van der Waals surface area contributed by atoms with Crippen molar-refractivity contribution in [2.45, 2.75) is 24.3 Å². The number of benzene rings is 2. The topological polar surface area (TPSA) is 57.7 Å². The number of anilines is 1. The molecule has 1 amide bonds. The summed E-state index contributed by atoms with van der Waals surface area (Å²) in [5.74, 6) is -0.258. The predicted molar refractivity (Wildman–Crippen MR) is 112 cm³/mol. The molecular formula is C22H24N2O3S. The number of hydrogen-bond donors (Lipinski definition) is 0. The number of fused-ring (bicyclic) bond motifs is 1. The molecule has 0 aromatic heterocycles. The Bertz CT molecular complexity index is 1000. The van der Waals surface area contributed by atoms with Crippen LogP contribution in [0.15, 0.2) is 78.7 Å². The van der Waals surface area contributed by atoms with E-state index >= 15 is 0 Å². The highest BCUT2D eigenvalue weighted by Crippen LogP contribution is 2.36. The highest BCUT2D eigenvalue weighted by molar-refractivity contribution is 7.92. The van der Waals surface area contributed by atoms with Crippen LogP contribution in [0.3, 0.4) is 0 Å². The molecule has 1 atom stereocenters. The van der Waals surface area contributed by atoms with E-state index in [1.165, 1.54) is 16.4 Å². The zero-order valence-electron chi connectivity index (χ0n) is 15.9. The van der Waals surface area contributed by atoms with Crippen molar-refractivity contribution in [3.8, 4) is 0 Å². The van der Waals surface area contributed by atoms with Gasteiger partial charge in [0.05, 0.1) is 10.6 Å². The molecule has 1 aliphatic rings. The van der Waals surface area contributed by atoms with E-state index in [2.05, 4.69) is 13.2 Å². The summed E-state index contributed by atoms with van der Waals surface area (Å²) >= 11 is 0. The standard InChI is InChI=1S/C22H24N2O3S/c1-4-13-23(14-5-2)22(25)19-10-8-11-20(16-19)28(26,27)24-17(3)15-18-9-6-7-12-21(18)24/h4-12,16-17H,1-2,13-15H2,3H3/t17-/m1/s1. The van der Waals surface area contributed by atoms with Gasteiger partial charge in [0, 0.05) is 24.7 Å². The third-order valence-corrected chi connectivity index (χ3v) is 6.69. The third-order valence-electron chi connectivity index (χ3n) is 4.77. The molecule has 146 valence electrons. The number of amides is 1. The maximum atomic E-state index is 13.4. The van der Waals surface area contributed by atoms with Gasteiger partial charge in [0.15, 0.2) is 0 Å².